The Morgan fingerprint density at radius 1 is 1.25 bits per heavy atom. The number of rotatable bonds is 6. The molecule has 1 aliphatic rings. The topological polar surface area (TPSA) is 112 Å². The van der Waals surface area contributed by atoms with Crippen molar-refractivity contribution in [3.8, 4) is 5.75 Å². The Kier molecular flexibility index (Phi) is 5.81. The number of carboxylic acid groups (broad SMARTS) is 1. The van der Waals surface area contributed by atoms with Gasteiger partial charge in [0.15, 0.2) is 11.6 Å². The first kappa shape index (κ1) is 21.4. The van der Waals surface area contributed by atoms with Crippen LogP contribution in [0.5, 0.6) is 5.75 Å². The molecule has 0 bridgehead atoms. The number of H-pyrrole nitrogens is 1. The van der Waals surface area contributed by atoms with Gasteiger partial charge >= 0.3 is 5.97 Å². The van der Waals surface area contributed by atoms with E-state index < -0.39 is 23.7 Å². The molecule has 0 saturated carbocycles. The fourth-order valence-corrected chi connectivity index (χ4v) is 3.93. The molecule has 32 heavy (non-hydrogen) atoms. The number of fused-ring (bicyclic) bond motifs is 1. The molecule has 0 radical (unpaired) electrons. The molecular formula is C23H22FN3O5. The number of carbonyl (C=O) groups excluding carboxylic acids is 1. The number of nitrogens with zero attached hydrogens (tertiary/aromatic N) is 1. The van der Waals surface area contributed by atoms with Gasteiger partial charge in [-0.25, -0.2) is 4.39 Å². The second-order valence-corrected chi connectivity index (χ2v) is 7.69. The average molecular weight is 439 g/mol. The lowest BCUT2D eigenvalue weighted by Gasteiger charge is -2.26. The van der Waals surface area contributed by atoms with Crippen molar-refractivity contribution in [3.63, 3.8) is 0 Å². The van der Waals surface area contributed by atoms with Crippen molar-refractivity contribution in [1.29, 1.82) is 0 Å². The van der Waals surface area contributed by atoms with Gasteiger partial charge in [0, 0.05) is 30.4 Å². The first-order chi connectivity index (χ1) is 15.4. The number of halogens is 1. The summed E-state index contributed by atoms with van der Waals surface area (Å²) in [7, 11) is 1.33. The van der Waals surface area contributed by atoms with Crippen LogP contribution in [0.1, 0.15) is 18.0 Å². The Bertz CT molecular complexity index is 1240. The van der Waals surface area contributed by atoms with E-state index in [0.29, 0.717) is 29.6 Å². The zero-order valence-corrected chi connectivity index (χ0v) is 17.3. The monoisotopic (exact) mass is 439 g/mol. The highest BCUT2D eigenvalue weighted by atomic mass is 19.1. The summed E-state index contributed by atoms with van der Waals surface area (Å²) < 4.78 is 19.0. The lowest BCUT2D eigenvalue weighted by molar-refractivity contribution is -0.141. The summed E-state index contributed by atoms with van der Waals surface area (Å²) in [6.07, 6.45) is 1.92. The number of carboxylic acids is 1. The third kappa shape index (κ3) is 4.14. The fourth-order valence-electron chi connectivity index (χ4n) is 3.93. The molecule has 1 aliphatic heterocycles. The maximum Gasteiger partial charge on any atom is 0.308 e. The minimum Gasteiger partial charge on any atom is -0.494 e. The van der Waals surface area contributed by atoms with Gasteiger partial charge in [0.2, 0.25) is 5.91 Å². The number of anilines is 1. The summed E-state index contributed by atoms with van der Waals surface area (Å²) >= 11 is 0. The highest BCUT2D eigenvalue weighted by Crippen LogP contribution is 2.29. The van der Waals surface area contributed by atoms with Gasteiger partial charge in [-0.3, -0.25) is 14.4 Å². The fraction of sp³-hybridized carbons (Fsp3) is 0.261. The average Bonchev–Trinajstić information content (AvgIpc) is 3.29. The Balaban J connectivity index is 1.71. The van der Waals surface area contributed by atoms with E-state index in [1.54, 1.807) is 30.5 Å². The molecule has 2 aromatic carbocycles. The van der Waals surface area contributed by atoms with Gasteiger partial charge in [0.05, 0.1) is 13.0 Å². The minimum atomic E-state index is -0.943. The number of ether oxygens (including phenoxy) is 1. The molecule has 0 aliphatic carbocycles. The standard InChI is InChI=1S/C23H22FN3O5/c1-32-19-10-14(3-5-18(19)24)20(22(29)27-9-7-15(12-27)23(30)31)26-16-4-2-13-6-8-25-21(28)17(13)11-16/h2-6,8,10-11,15,20,26H,7,9,12H2,1H3,(H,25,28)(H,30,31). The van der Waals surface area contributed by atoms with Crippen LogP contribution in [0.15, 0.2) is 53.5 Å². The maximum absolute atomic E-state index is 14.0. The molecule has 3 aromatic rings. The van der Waals surface area contributed by atoms with Crippen molar-refractivity contribution in [3.05, 3.63) is 70.4 Å². The minimum absolute atomic E-state index is 0.0121. The van der Waals surface area contributed by atoms with Gasteiger partial charge in [0.25, 0.3) is 5.56 Å². The van der Waals surface area contributed by atoms with Crippen molar-refractivity contribution in [1.82, 2.24) is 9.88 Å². The summed E-state index contributed by atoms with van der Waals surface area (Å²) in [6, 6.07) is 10.1. The van der Waals surface area contributed by atoms with Crippen molar-refractivity contribution in [2.75, 3.05) is 25.5 Å². The predicted molar refractivity (Wildman–Crippen MR) is 116 cm³/mol. The van der Waals surface area contributed by atoms with E-state index in [9.17, 15) is 23.9 Å². The molecule has 2 heterocycles. The third-order valence-electron chi connectivity index (χ3n) is 5.69. The van der Waals surface area contributed by atoms with Crippen molar-refractivity contribution < 1.29 is 23.8 Å². The van der Waals surface area contributed by atoms with Crippen molar-refractivity contribution >= 4 is 28.3 Å². The second kappa shape index (κ2) is 8.70. The van der Waals surface area contributed by atoms with Crippen LogP contribution in [0.4, 0.5) is 10.1 Å². The van der Waals surface area contributed by atoms with Crippen LogP contribution in [-0.4, -0.2) is 47.1 Å². The normalized spacial score (nSPS) is 16.7. The quantitative estimate of drug-likeness (QED) is 0.545. The largest absolute Gasteiger partial charge is 0.494 e. The Labute approximate surface area is 182 Å². The predicted octanol–water partition coefficient (Wildman–Crippen LogP) is 2.76. The van der Waals surface area contributed by atoms with E-state index >= 15 is 0 Å². The number of aliphatic carboxylic acids is 1. The molecule has 1 aromatic heterocycles. The van der Waals surface area contributed by atoms with Crippen LogP contribution < -0.4 is 15.6 Å². The van der Waals surface area contributed by atoms with Crippen LogP contribution >= 0.6 is 0 Å². The Morgan fingerprint density at radius 2 is 2.06 bits per heavy atom. The van der Waals surface area contributed by atoms with Crippen LogP contribution in [0.2, 0.25) is 0 Å². The zero-order valence-electron chi connectivity index (χ0n) is 17.3. The number of pyridine rings is 1. The molecule has 1 saturated heterocycles. The lowest BCUT2D eigenvalue weighted by Crippen LogP contribution is -2.37. The van der Waals surface area contributed by atoms with Gasteiger partial charge in [-0.1, -0.05) is 12.1 Å². The molecule has 166 valence electrons. The molecule has 1 amide bonds. The number of methoxy groups -OCH3 is 1. The van der Waals surface area contributed by atoms with E-state index in [1.807, 2.05) is 0 Å². The van der Waals surface area contributed by atoms with E-state index in [0.717, 1.165) is 5.39 Å². The first-order valence-electron chi connectivity index (χ1n) is 10.1. The van der Waals surface area contributed by atoms with Crippen LogP contribution in [-0.2, 0) is 9.59 Å². The SMILES string of the molecule is COc1cc(C(Nc2ccc3cc[nH]c(=O)c3c2)C(=O)N2CCC(C(=O)O)C2)ccc1F. The summed E-state index contributed by atoms with van der Waals surface area (Å²) in [4.78, 5) is 41.0. The summed E-state index contributed by atoms with van der Waals surface area (Å²) in [6.45, 7) is 0.408. The summed E-state index contributed by atoms with van der Waals surface area (Å²) in [5.41, 5.74) is 0.709. The van der Waals surface area contributed by atoms with Crippen LogP contribution in [0, 0.1) is 11.7 Å². The number of aromatic nitrogens is 1. The molecule has 2 unspecified atom stereocenters. The van der Waals surface area contributed by atoms with E-state index in [2.05, 4.69) is 10.3 Å². The van der Waals surface area contributed by atoms with Gasteiger partial charge in [-0.05, 0) is 47.7 Å². The highest BCUT2D eigenvalue weighted by Gasteiger charge is 2.35. The smallest absolute Gasteiger partial charge is 0.308 e. The number of amides is 1. The molecule has 0 spiro atoms. The van der Waals surface area contributed by atoms with Gasteiger partial charge < -0.3 is 25.0 Å². The lowest BCUT2D eigenvalue weighted by atomic mass is 10.0. The Hall–Kier alpha value is -3.88. The number of likely N-dealkylation sites (tertiary alicyclic amines) is 1. The van der Waals surface area contributed by atoms with E-state index in [-0.39, 0.29) is 23.8 Å². The molecular weight excluding hydrogens is 417 g/mol. The van der Waals surface area contributed by atoms with Gasteiger partial charge in [-0.2, -0.15) is 0 Å². The number of hydrogen-bond donors (Lipinski definition) is 3. The summed E-state index contributed by atoms with van der Waals surface area (Å²) in [5.74, 6) is -2.48. The molecule has 2 atom stereocenters. The van der Waals surface area contributed by atoms with Crippen LogP contribution in [0.3, 0.4) is 0 Å². The highest BCUT2D eigenvalue weighted by molar-refractivity contribution is 5.89. The first-order valence-corrected chi connectivity index (χ1v) is 10.1. The zero-order chi connectivity index (χ0) is 22.8. The third-order valence-corrected chi connectivity index (χ3v) is 5.69. The van der Waals surface area contributed by atoms with Gasteiger partial charge in [-0.15, -0.1) is 0 Å². The van der Waals surface area contributed by atoms with Gasteiger partial charge in [0.1, 0.15) is 6.04 Å². The molecule has 3 N–H and O–H groups in total. The number of benzene rings is 2. The summed E-state index contributed by atoms with van der Waals surface area (Å²) in [5, 5.41) is 13.6. The van der Waals surface area contributed by atoms with E-state index in [1.165, 1.54) is 30.2 Å². The number of carbonyl (C=O) groups is 2. The van der Waals surface area contributed by atoms with E-state index in [4.69, 9.17) is 4.74 Å². The number of hydrogen-bond acceptors (Lipinski definition) is 5. The molecule has 4 rings (SSSR count). The number of nitrogens with one attached hydrogen (secondary N) is 2. The maximum atomic E-state index is 14.0. The molecule has 8 nitrogen and oxygen atoms in total. The van der Waals surface area contributed by atoms with Crippen molar-refractivity contribution in [2.45, 2.75) is 12.5 Å². The Morgan fingerprint density at radius 3 is 2.78 bits per heavy atom. The van der Waals surface area contributed by atoms with Crippen LogP contribution in [0.25, 0.3) is 10.8 Å². The number of aromatic amines is 1. The van der Waals surface area contributed by atoms with Crippen molar-refractivity contribution in [2.24, 2.45) is 5.92 Å². The molecule has 1 fully saturated rings. The second-order valence-electron chi connectivity index (χ2n) is 7.69. The molecule has 9 heteroatoms.